The minimum absolute atomic E-state index is 0.499. The van der Waals surface area contributed by atoms with Gasteiger partial charge in [-0.1, -0.05) is 11.6 Å². The Balaban J connectivity index is 2.59. The van der Waals surface area contributed by atoms with Crippen LogP contribution in [-0.2, 0) is 0 Å². The van der Waals surface area contributed by atoms with Gasteiger partial charge in [-0.05, 0) is 24.5 Å². The van der Waals surface area contributed by atoms with Crippen LogP contribution in [0, 0.1) is 6.92 Å². The third-order valence-corrected chi connectivity index (χ3v) is 2.83. The molecular formula is C8H6ClN3S. The highest BCUT2D eigenvalue weighted by Crippen LogP contribution is 2.26. The first-order valence-corrected chi connectivity index (χ1v) is 4.82. The normalized spacial score (nSPS) is 10.3. The molecule has 0 N–H and O–H groups in total. The van der Waals surface area contributed by atoms with Gasteiger partial charge in [-0.25, -0.2) is 14.3 Å². The van der Waals surface area contributed by atoms with E-state index in [1.165, 1.54) is 17.9 Å². The third kappa shape index (κ3) is 1.55. The van der Waals surface area contributed by atoms with Crippen LogP contribution in [0.25, 0.3) is 10.6 Å². The molecule has 3 nitrogen and oxygen atoms in total. The van der Waals surface area contributed by atoms with Crippen LogP contribution in [0.2, 0.25) is 5.15 Å². The van der Waals surface area contributed by atoms with E-state index in [9.17, 15) is 0 Å². The van der Waals surface area contributed by atoms with Crippen molar-refractivity contribution in [3.05, 3.63) is 29.3 Å². The molecule has 2 rings (SSSR count). The lowest BCUT2D eigenvalue weighted by molar-refractivity contribution is 1.14. The van der Waals surface area contributed by atoms with Gasteiger partial charge >= 0.3 is 0 Å². The topological polar surface area (TPSA) is 38.7 Å². The maximum absolute atomic E-state index is 5.86. The standard InChI is InChI=1S/C8H6ClN3S/c1-5-7(6-2-3-12-13-6)10-4-11-8(5)9/h2-4H,1H3. The molecule has 0 fully saturated rings. The van der Waals surface area contributed by atoms with Gasteiger partial charge in [-0.15, -0.1) is 0 Å². The van der Waals surface area contributed by atoms with Crippen LogP contribution in [0.1, 0.15) is 5.56 Å². The zero-order valence-electron chi connectivity index (χ0n) is 6.86. The average Bonchev–Trinajstić information content (AvgIpc) is 2.62. The highest BCUT2D eigenvalue weighted by molar-refractivity contribution is 7.09. The molecule has 5 heteroatoms. The van der Waals surface area contributed by atoms with Gasteiger partial charge in [0.15, 0.2) is 0 Å². The Morgan fingerprint density at radius 2 is 2.23 bits per heavy atom. The number of halogens is 1. The van der Waals surface area contributed by atoms with Gasteiger partial charge in [0.05, 0.1) is 10.6 Å². The number of nitrogens with zero attached hydrogens (tertiary/aromatic N) is 3. The predicted molar refractivity (Wildman–Crippen MR) is 52.9 cm³/mol. The van der Waals surface area contributed by atoms with E-state index in [0.717, 1.165) is 16.1 Å². The van der Waals surface area contributed by atoms with Gasteiger partial charge in [0.1, 0.15) is 11.5 Å². The minimum atomic E-state index is 0.499. The molecule has 0 amide bonds. The number of hydrogen-bond donors (Lipinski definition) is 0. The molecule has 0 saturated heterocycles. The Kier molecular flexibility index (Phi) is 2.24. The Hall–Kier alpha value is -1.00. The van der Waals surface area contributed by atoms with Gasteiger partial charge in [0.2, 0.25) is 0 Å². The SMILES string of the molecule is Cc1c(Cl)ncnc1-c1ccns1. The molecule has 13 heavy (non-hydrogen) atoms. The summed E-state index contributed by atoms with van der Waals surface area (Å²) < 4.78 is 4.01. The lowest BCUT2D eigenvalue weighted by Gasteiger charge is -2.01. The molecule has 0 atom stereocenters. The van der Waals surface area contributed by atoms with Crippen LogP contribution in [0.15, 0.2) is 18.6 Å². The lowest BCUT2D eigenvalue weighted by Crippen LogP contribution is -1.89. The van der Waals surface area contributed by atoms with E-state index in [1.54, 1.807) is 6.20 Å². The van der Waals surface area contributed by atoms with Crippen LogP contribution in [0.4, 0.5) is 0 Å². The van der Waals surface area contributed by atoms with E-state index in [-0.39, 0.29) is 0 Å². The molecule has 66 valence electrons. The van der Waals surface area contributed by atoms with E-state index in [1.807, 2.05) is 13.0 Å². The molecule has 0 spiro atoms. The zero-order chi connectivity index (χ0) is 9.26. The molecule has 0 radical (unpaired) electrons. The molecule has 2 aromatic rings. The van der Waals surface area contributed by atoms with Crippen LogP contribution in [0.3, 0.4) is 0 Å². The van der Waals surface area contributed by atoms with Crippen molar-refractivity contribution in [2.45, 2.75) is 6.92 Å². The Labute approximate surface area is 84.6 Å². The second-order valence-corrected chi connectivity index (χ2v) is 3.71. The fourth-order valence-corrected chi connectivity index (χ4v) is 1.80. The van der Waals surface area contributed by atoms with E-state index in [4.69, 9.17) is 11.6 Å². The van der Waals surface area contributed by atoms with Gasteiger partial charge in [-0.3, -0.25) is 0 Å². The van der Waals surface area contributed by atoms with Crippen molar-refractivity contribution in [2.75, 3.05) is 0 Å². The summed E-state index contributed by atoms with van der Waals surface area (Å²) in [5, 5.41) is 0.499. The second-order valence-electron chi connectivity index (χ2n) is 2.51. The Morgan fingerprint density at radius 3 is 2.92 bits per heavy atom. The third-order valence-electron chi connectivity index (χ3n) is 1.69. The number of rotatable bonds is 1. The maximum atomic E-state index is 5.86. The minimum Gasteiger partial charge on any atom is -0.235 e. The van der Waals surface area contributed by atoms with Gasteiger partial charge in [0, 0.05) is 11.8 Å². The summed E-state index contributed by atoms with van der Waals surface area (Å²) in [7, 11) is 0. The monoisotopic (exact) mass is 211 g/mol. The van der Waals surface area contributed by atoms with Crippen molar-refractivity contribution in [1.82, 2.24) is 14.3 Å². The molecule has 0 saturated carbocycles. The van der Waals surface area contributed by atoms with Crippen molar-refractivity contribution in [1.29, 1.82) is 0 Å². The van der Waals surface area contributed by atoms with Crippen LogP contribution in [-0.4, -0.2) is 14.3 Å². The maximum Gasteiger partial charge on any atom is 0.135 e. The van der Waals surface area contributed by atoms with Crippen molar-refractivity contribution in [3.63, 3.8) is 0 Å². The lowest BCUT2D eigenvalue weighted by atomic mass is 10.2. The molecule has 0 aliphatic heterocycles. The summed E-state index contributed by atoms with van der Waals surface area (Å²) in [4.78, 5) is 9.06. The first-order chi connectivity index (χ1) is 6.29. The first kappa shape index (κ1) is 8.59. The van der Waals surface area contributed by atoms with Crippen LogP contribution in [0.5, 0.6) is 0 Å². The molecule has 0 aliphatic rings. The zero-order valence-corrected chi connectivity index (χ0v) is 8.43. The van der Waals surface area contributed by atoms with E-state index < -0.39 is 0 Å². The molecule has 0 aliphatic carbocycles. The highest BCUT2D eigenvalue weighted by atomic mass is 35.5. The van der Waals surface area contributed by atoms with Crippen molar-refractivity contribution in [2.24, 2.45) is 0 Å². The molecule has 0 bridgehead atoms. The molecule has 2 heterocycles. The fourth-order valence-electron chi connectivity index (χ4n) is 1.01. The smallest absolute Gasteiger partial charge is 0.135 e. The predicted octanol–water partition coefficient (Wildman–Crippen LogP) is 2.56. The van der Waals surface area contributed by atoms with Crippen LogP contribution >= 0.6 is 23.1 Å². The van der Waals surface area contributed by atoms with Crippen molar-refractivity contribution in [3.8, 4) is 10.6 Å². The van der Waals surface area contributed by atoms with Crippen molar-refractivity contribution >= 4 is 23.1 Å². The van der Waals surface area contributed by atoms with Crippen molar-refractivity contribution < 1.29 is 0 Å². The largest absolute Gasteiger partial charge is 0.235 e. The van der Waals surface area contributed by atoms with E-state index in [0.29, 0.717) is 5.15 Å². The first-order valence-electron chi connectivity index (χ1n) is 3.67. The molecule has 0 unspecified atom stereocenters. The molecule has 0 aromatic carbocycles. The van der Waals surface area contributed by atoms with Gasteiger partial charge in [-0.2, -0.15) is 0 Å². The summed E-state index contributed by atoms with van der Waals surface area (Å²) in [6.45, 7) is 1.90. The van der Waals surface area contributed by atoms with Crippen LogP contribution < -0.4 is 0 Å². The van der Waals surface area contributed by atoms with Gasteiger partial charge < -0.3 is 0 Å². The summed E-state index contributed by atoms with van der Waals surface area (Å²) in [5.74, 6) is 0. The number of aromatic nitrogens is 3. The second kappa shape index (κ2) is 3.40. The van der Waals surface area contributed by atoms with E-state index in [2.05, 4.69) is 14.3 Å². The fraction of sp³-hybridized carbons (Fsp3) is 0.125. The number of hydrogen-bond acceptors (Lipinski definition) is 4. The van der Waals surface area contributed by atoms with E-state index >= 15 is 0 Å². The average molecular weight is 212 g/mol. The molecular weight excluding hydrogens is 206 g/mol. The quantitative estimate of drug-likeness (QED) is 0.681. The summed E-state index contributed by atoms with van der Waals surface area (Å²) in [6, 6.07) is 1.91. The highest BCUT2D eigenvalue weighted by Gasteiger charge is 2.08. The molecule has 2 aromatic heterocycles. The van der Waals surface area contributed by atoms with Gasteiger partial charge in [0.25, 0.3) is 0 Å². The summed E-state index contributed by atoms with van der Waals surface area (Å²) in [5.41, 5.74) is 1.76. The Bertz CT molecular complexity index is 413. The summed E-state index contributed by atoms with van der Waals surface area (Å²) in [6.07, 6.45) is 3.21. The Morgan fingerprint density at radius 1 is 1.38 bits per heavy atom. The summed E-state index contributed by atoms with van der Waals surface area (Å²) >= 11 is 7.26.